The number of amides is 4. The van der Waals surface area contributed by atoms with Crippen LogP contribution in [0.15, 0.2) is 18.2 Å². The fraction of sp³-hybridized carbons (Fsp3) is 0.308. The highest BCUT2D eigenvalue weighted by Gasteiger charge is 2.45. The molecule has 4 amide bonds. The standard InChI is InChI=1S/C13H12Cl2N2O3/c1-7(2)17-12(19)11(18)16(13(17)20)6-8-3-4-9(14)5-10(8)15/h3-5,7H,6H2,1-2H3. The molecule has 0 bridgehead atoms. The fourth-order valence-electron chi connectivity index (χ4n) is 1.94. The van der Waals surface area contributed by atoms with Crippen molar-refractivity contribution in [2.24, 2.45) is 0 Å². The molecule has 20 heavy (non-hydrogen) atoms. The van der Waals surface area contributed by atoms with Crippen molar-refractivity contribution in [3.05, 3.63) is 33.8 Å². The number of carbonyl (C=O) groups is 3. The number of hydrogen-bond donors (Lipinski definition) is 0. The number of benzene rings is 1. The van der Waals surface area contributed by atoms with E-state index in [0.29, 0.717) is 15.6 Å². The largest absolute Gasteiger partial charge is 0.334 e. The highest BCUT2D eigenvalue weighted by molar-refractivity contribution is 6.44. The summed E-state index contributed by atoms with van der Waals surface area (Å²) in [5.74, 6) is -1.65. The Labute approximate surface area is 126 Å². The van der Waals surface area contributed by atoms with Crippen LogP contribution in [0.2, 0.25) is 10.0 Å². The molecule has 0 aliphatic carbocycles. The van der Waals surface area contributed by atoms with Crippen molar-refractivity contribution in [2.75, 3.05) is 0 Å². The average Bonchev–Trinajstić information content (AvgIpc) is 2.56. The number of halogens is 2. The molecule has 0 saturated carbocycles. The third-order valence-electron chi connectivity index (χ3n) is 2.94. The number of hydrogen-bond acceptors (Lipinski definition) is 3. The topological polar surface area (TPSA) is 57.7 Å². The summed E-state index contributed by atoms with van der Waals surface area (Å²) in [6.45, 7) is 3.28. The lowest BCUT2D eigenvalue weighted by Gasteiger charge is -2.18. The third kappa shape index (κ3) is 2.51. The number of urea groups is 1. The second-order valence-electron chi connectivity index (χ2n) is 4.68. The van der Waals surface area contributed by atoms with Crippen molar-refractivity contribution in [2.45, 2.75) is 26.4 Å². The van der Waals surface area contributed by atoms with Crippen LogP contribution in [-0.2, 0) is 16.1 Å². The zero-order valence-corrected chi connectivity index (χ0v) is 12.4. The predicted octanol–water partition coefficient (Wildman–Crippen LogP) is 2.69. The van der Waals surface area contributed by atoms with Crippen molar-refractivity contribution in [1.82, 2.24) is 9.80 Å². The number of imide groups is 2. The first-order chi connectivity index (χ1) is 9.32. The van der Waals surface area contributed by atoms with Crippen LogP contribution in [0.1, 0.15) is 19.4 Å². The van der Waals surface area contributed by atoms with E-state index in [4.69, 9.17) is 23.2 Å². The molecule has 7 heteroatoms. The van der Waals surface area contributed by atoms with Crippen molar-refractivity contribution in [3.8, 4) is 0 Å². The molecule has 1 heterocycles. The predicted molar refractivity (Wildman–Crippen MR) is 74.4 cm³/mol. The van der Waals surface area contributed by atoms with Crippen LogP contribution in [0.25, 0.3) is 0 Å². The SMILES string of the molecule is CC(C)N1C(=O)C(=O)N(Cc2ccc(Cl)cc2Cl)C1=O. The van der Waals surface area contributed by atoms with Gasteiger partial charge in [-0.2, -0.15) is 0 Å². The second kappa shape index (κ2) is 5.42. The molecule has 1 aliphatic rings. The molecule has 0 N–H and O–H groups in total. The molecule has 1 aromatic rings. The number of rotatable bonds is 3. The maximum atomic E-state index is 12.1. The van der Waals surface area contributed by atoms with Gasteiger partial charge < -0.3 is 0 Å². The van der Waals surface area contributed by atoms with E-state index >= 15 is 0 Å². The Morgan fingerprint density at radius 3 is 2.25 bits per heavy atom. The second-order valence-corrected chi connectivity index (χ2v) is 5.52. The molecule has 1 aromatic carbocycles. The van der Waals surface area contributed by atoms with E-state index in [9.17, 15) is 14.4 Å². The molecule has 0 unspecified atom stereocenters. The summed E-state index contributed by atoms with van der Waals surface area (Å²) < 4.78 is 0. The molecule has 0 radical (unpaired) electrons. The van der Waals surface area contributed by atoms with Crippen LogP contribution in [-0.4, -0.2) is 33.7 Å². The molecule has 1 saturated heterocycles. The van der Waals surface area contributed by atoms with Crippen LogP contribution in [0, 0.1) is 0 Å². The van der Waals surface area contributed by atoms with Gasteiger partial charge in [0.1, 0.15) is 0 Å². The molecule has 5 nitrogen and oxygen atoms in total. The first-order valence-corrected chi connectivity index (χ1v) is 6.71. The summed E-state index contributed by atoms with van der Waals surface area (Å²) in [5.41, 5.74) is 0.552. The summed E-state index contributed by atoms with van der Waals surface area (Å²) in [5, 5.41) is 0.797. The van der Waals surface area contributed by atoms with Crippen LogP contribution in [0.4, 0.5) is 4.79 Å². The minimum Gasteiger partial charge on any atom is -0.263 e. The summed E-state index contributed by atoms with van der Waals surface area (Å²) >= 11 is 11.8. The lowest BCUT2D eigenvalue weighted by atomic mass is 10.2. The van der Waals surface area contributed by atoms with Gasteiger partial charge in [0.25, 0.3) is 0 Å². The van der Waals surface area contributed by atoms with Crippen LogP contribution in [0.5, 0.6) is 0 Å². The highest BCUT2D eigenvalue weighted by atomic mass is 35.5. The first kappa shape index (κ1) is 14.8. The number of carbonyl (C=O) groups excluding carboxylic acids is 3. The lowest BCUT2D eigenvalue weighted by Crippen LogP contribution is -2.37. The molecule has 106 valence electrons. The Bertz CT molecular complexity index is 601. The van der Waals surface area contributed by atoms with Gasteiger partial charge in [0.2, 0.25) is 0 Å². The molecule has 1 aliphatic heterocycles. The highest BCUT2D eigenvalue weighted by Crippen LogP contribution is 2.25. The lowest BCUT2D eigenvalue weighted by molar-refractivity contribution is -0.144. The van der Waals surface area contributed by atoms with E-state index in [-0.39, 0.29) is 12.6 Å². The smallest absolute Gasteiger partial charge is 0.263 e. The Kier molecular flexibility index (Phi) is 4.01. The Morgan fingerprint density at radius 2 is 1.75 bits per heavy atom. The normalized spacial score (nSPS) is 15.8. The first-order valence-electron chi connectivity index (χ1n) is 5.96. The summed E-state index contributed by atoms with van der Waals surface area (Å²) in [4.78, 5) is 37.5. The Balaban J connectivity index is 2.28. The van der Waals surface area contributed by atoms with Gasteiger partial charge >= 0.3 is 17.8 Å². The van der Waals surface area contributed by atoms with Gasteiger partial charge in [0, 0.05) is 16.1 Å². The summed E-state index contributed by atoms with van der Waals surface area (Å²) in [6, 6.07) is 3.75. The van der Waals surface area contributed by atoms with Crippen molar-refractivity contribution >= 4 is 41.0 Å². The van der Waals surface area contributed by atoms with E-state index in [1.165, 1.54) is 6.07 Å². The molecular formula is C13H12Cl2N2O3. The fourth-order valence-corrected chi connectivity index (χ4v) is 2.41. The summed E-state index contributed by atoms with van der Waals surface area (Å²) in [6.07, 6.45) is 0. The Hall–Kier alpha value is -1.59. The van der Waals surface area contributed by atoms with Gasteiger partial charge in [-0.3, -0.25) is 19.4 Å². The van der Waals surface area contributed by atoms with E-state index in [1.807, 2.05) is 0 Å². The average molecular weight is 315 g/mol. The molecule has 1 fully saturated rings. The maximum absolute atomic E-state index is 12.1. The maximum Gasteiger partial charge on any atom is 0.334 e. The van der Waals surface area contributed by atoms with Crippen LogP contribution in [0.3, 0.4) is 0 Å². The molecule has 0 aromatic heterocycles. The zero-order chi connectivity index (χ0) is 15.0. The summed E-state index contributed by atoms with van der Waals surface area (Å²) in [7, 11) is 0. The molecular weight excluding hydrogens is 303 g/mol. The quantitative estimate of drug-likeness (QED) is 0.636. The zero-order valence-electron chi connectivity index (χ0n) is 10.9. The van der Waals surface area contributed by atoms with E-state index in [1.54, 1.807) is 26.0 Å². The number of nitrogens with zero attached hydrogens (tertiary/aromatic N) is 2. The van der Waals surface area contributed by atoms with E-state index in [2.05, 4.69) is 0 Å². The molecule has 2 rings (SSSR count). The third-order valence-corrected chi connectivity index (χ3v) is 3.53. The van der Waals surface area contributed by atoms with Crippen LogP contribution < -0.4 is 0 Å². The monoisotopic (exact) mass is 314 g/mol. The van der Waals surface area contributed by atoms with Gasteiger partial charge in [-0.1, -0.05) is 29.3 Å². The minimum absolute atomic E-state index is 0.0529. The van der Waals surface area contributed by atoms with E-state index < -0.39 is 17.8 Å². The van der Waals surface area contributed by atoms with Gasteiger partial charge in [0.05, 0.1) is 6.54 Å². The van der Waals surface area contributed by atoms with Crippen molar-refractivity contribution in [3.63, 3.8) is 0 Å². The van der Waals surface area contributed by atoms with Gasteiger partial charge in [-0.25, -0.2) is 4.79 Å². The van der Waals surface area contributed by atoms with Gasteiger partial charge in [-0.15, -0.1) is 0 Å². The van der Waals surface area contributed by atoms with Gasteiger partial charge in [-0.05, 0) is 31.5 Å². The van der Waals surface area contributed by atoms with Crippen molar-refractivity contribution in [1.29, 1.82) is 0 Å². The molecule has 0 spiro atoms. The van der Waals surface area contributed by atoms with Crippen LogP contribution >= 0.6 is 23.2 Å². The van der Waals surface area contributed by atoms with Crippen molar-refractivity contribution < 1.29 is 14.4 Å². The Morgan fingerprint density at radius 1 is 1.10 bits per heavy atom. The van der Waals surface area contributed by atoms with Gasteiger partial charge in [0.15, 0.2) is 0 Å². The minimum atomic E-state index is -0.838. The van der Waals surface area contributed by atoms with E-state index in [0.717, 1.165) is 9.80 Å². The molecule has 0 atom stereocenters.